The number of nitrogens with zero attached hydrogens (tertiary/aromatic N) is 3. The van der Waals surface area contributed by atoms with Crippen molar-refractivity contribution in [1.82, 2.24) is 10.2 Å². The molecular formula is C11H16ClN3O. The molecule has 0 aromatic carbocycles. The first kappa shape index (κ1) is 11.6. The summed E-state index contributed by atoms with van der Waals surface area (Å²) in [6.07, 6.45) is 4.13. The molecule has 0 amide bonds. The van der Waals surface area contributed by atoms with Crippen molar-refractivity contribution in [3.63, 3.8) is 0 Å². The summed E-state index contributed by atoms with van der Waals surface area (Å²) in [5.41, 5.74) is 1.01. The second kappa shape index (κ2) is 5.46. The van der Waals surface area contributed by atoms with Crippen LogP contribution in [-0.2, 0) is 4.74 Å². The number of rotatable bonds is 3. The maximum atomic E-state index is 5.81. The van der Waals surface area contributed by atoms with Gasteiger partial charge in [0.1, 0.15) is 0 Å². The second-order valence-electron chi connectivity index (χ2n) is 4.20. The minimum absolute atomic E-state index is 0.434. The van der Waals surface area contributed by atoms with Gasteiger partial charge in [0.05, 0.1) is 18.5 Å². The van der Waals surface area contributed by atoms with Crippen LogP contribution in [0.5, 0.6) is 0 Å². The Morgan fingerprint density at radius 3 is 3.19 bits per heavy atom. The van der Waals surface area contributed by atoms with E-state index in [1.54, 1.807) is 6.20 Å². The zero-order chi connectivity index (χ0) is 11.4. The minimum Gasteiger partial charge on any atom is -0.381 e. The van der Waals surface area contributed by atoms with Crippen molar-refractivity contribution < 1.29 is 4.74 Å². The van der Waals surface area contributed by atoms with Gasteiger partial charge in [-0.2, -0.15) is 5.10 Å². The van der Waals surface area contributed by atoms with Crippen molar-refractivity contribution in [2.45, 2.75) is 12.8 Å². The maximum Gasteiger partial charge on any atom is 0.153 e. The summed E-state index contributed by atoms with van der Waals surface area (Å²) in [7, 11) is 2.04. The molecule has 0 saturated carbocycles. The summed E-state index contributed by atoms with van der Waals surface area (Å²) in [5.74, 6) is 0.602. The van der Waals surface area contributed by atoms with Gasteiger partial charge in [0.2, 0.25) is 0 Å². The Kier molecular flexibility index (Phi) is 3.96. The van der Waals surface area contributed by atoms with Gasteiger partial charge < -0.3 is 9.64 Å². The fraction of sp³-hybridized carbons (Fsp3) is 0.636. The number of aromatic nitrogens is 2. The zero-order valence-corrected chi connectivity index (χ0v) is 10.2. The number of anilines is 1. The molecule has 1 aliphatic rings. The van der Waals surface area contributed by atoms with Crippen LogP contribution in [0.2, 0.25) is 5.15 Å². The molecule has 1 aromatic heterocycles. The average molecular weight is 242 g/mol. The molecule has 1 unspecified atom stereocenters. The third kappa shape index (κ3) is 3.06. The Morgan fingerprint density at radius 2 is 2.50 bits per heavy atom. The molecule has 2 heterocycles. The highest BCUT2D eigenvalue weighted by Crippen LogP contribution is 2.19. The molecule has 1 atom stereocenters. The third-order valence-electron chi connectivity index (χ3n) is 2.84. The predicted octanol–water partition coefficient (Wildman–Crippen LogP) is 1.99. The lowest BCUT2D eigenvalue weighted by Gasteiger charge is -2.28. The molecule has 5 heteroatoms. The Bertz CT molecular complexity index is 342. The van der Waals surface area contributed by atoms with Crippen LogP contribution in [0.15, 0.2) is 12.3 Å². The first-order valence-electron chi connectivity index (χ1n) is 5.53. The van der Waals surface area contributed by atoms with Crippen LogP contribution in [-0.4, -0.2) is 37.0 Å². The molecule has 2 rings (SSSR count). The lowest BCUT2D eigenvalue weighted by molar-refractivity contribution is 0.0576. The largest absolute Gasteiger partial charge is 0.381 e. The molecular weight excluding hydrogens is 226 g/mol. The molecule has 4 nitrogen and oxygen atoms in total. The van der Waals surface area contributed by atoms with E-state index >= 15 is 0 Å². The van der Waals surface area contributed by atoms with Crippen LogP contribution in [0, 0.1) is 5.92 Å². The Morgan fingerprint density at radius 1 is 1.62 bits per heavy atom. The molecule has 0 spiro atoms. The lowest BCUT2D eigenvalue weighted by Crippen LogP contribution is -2.30. The van der Waals surface area contributed by atoms with Gasteiger partial charge in [0, 0.05) is 26.3 Å². The van der Waals surface area contributed by atoms with Crippen molar-refractivity contribution in [1.29, 1.82) is 0 Å². The molecule has 1 aliphatic heterocycles. The molecule has 0 bridgehead atoms. The normalized spacial score (nSPS) is 20.8. The number of hydrogen-bond acceptors (Lipinski definition) is 4. The van der Waals surface area contributed by atoms with E-state index in [4.69, 9.17) is 16.3 Å². The zero-order valence-electron chi connectivity index (χ0n) is 9.40. The van der Waals surface area contributed by atoms with Crippen molar-refractivity contribution in [3.8, 4) is 0 Å². The van der Waals surface area contributed by atoms with Crippen molar-refractivity contribution in [2.24, 2.45) is 5.92 Å². The van der Waals surface area contributed by atoms with Gasteiger partial charge in [0.25, 0.3) is 0 Å². The Balaban J connectivity index is 1.94. The van der Waals surface area contributed by atoms with E-state index in [1.165, 1.54) is 6.42 Å². The van der Waals surface area contributed by atoms with Gasteiger partial charge in [-0.05, 0) is 18.8 Å². The van der Waals surface area contributed by atoms with Crippen molar-refractivity contribution in [2.75, 3.05) is 31.7 Å². The quantitative estimate of drug-likeness (QED) is 0.811. The van der Waals surface area contributed by atoms with Gasteiger partial charge >= 0.3 is 0 Å². The molecule has 0 radical (unpaired) electrons. The number of halogens is 1. The minimum atomic E-state index is 0.434. The Hall–Kier alpha value is -0.870. The topological polar surface area (TPSA) is 38.2 Å². The summed E-state index contributed by atoms with van der Waals surface area (Å²) in [4.78, 5) is 2.15. The summed E-state index contributed by atoms with van der Waals surface area (Å²) in [6, 6.07) is 1.83. The van der Waals surface area contributed by atoms with Gasteiger partial charge in [0.15, 0.2) is 5.15 Å². The van der Waals surface area contributed by atoms with Crippen LogP contribution < -0.4 is 4.90 Å². The predicted molar refractivity (Wildman–Crippen MR) is 63.9 cm³/mol. The number of hydrogen-bond donors (Lipinski definition) is 0. The van der Waals surface area contributed by atoms with E-state index in [0.29, 0.717) is 11.1 Å². The lowest BCUT2D eigenvalue weighted by atomic mass is 10.0. The van der Waals surface area contributed by atoms with E-state index in [0.717, 1.165) is 31.9 Å². The monoisotopic (exact) mass is 241 g/mol. The SMILES string of the molecule is CN(CC1CCCOC1)c1cnnc(Cl)c1. The fourth-order valence-electron chi connectivity index (χ4n) is 1.98. The van der Waals surface area contributed by atoms with E-state index in [1.807, 2.05) is 13.1 Å². The maximum absolute atomic E-state index is 5.81. The van der Waals surface area contributed by atoms with Gasteiger partial charge in [-0.25, -0.2) is 0 Å². The first-order chi connectivity index (χ1) is 7.75. The molecule has 88 valence electrons. The molecule has 1 saturated heterocycles. The van der Waals surface area contributed by atoms with Crippen LogP contribution in [0.25, 0.3) is 0 Å². The van der Waals surface area contributed by atoms with Crippen LogP contribution in [0.3, 0.4) is 0 Å². The van der Waals surface area contributed by atoms with Crippen molar-refractivity contribution >= 4 is 17.3 Å². The van der Waals surface area contributed by atoms with E-state index in [2.05, 4.69) is 15.1 Å². The Labute approximate surface area is 101 Å². The first-order valence-corrected chi connectivity index (χ1v) is 5.90. The third-order valence-corrected chi connectivity index (χ3v) is 3.02. The molecule has 1 fully saturated rings. The van der Waals surface area contributed by atoms with Gasteiger partial charge in [-0.1, -0.05) is 11.6 Å². The highest BCUT2D eigenvalue weighted by molar-refractivity contribution is 6.29. The number of ether oxygens (including phenoxy) is 1. The molecule has 1 aromatic rings. The molecule has 0 aliphatic carbocycles. The van der Waals surface area contributed by atoms with Crippen molar-refractivity contribution in [3.05, 3.63) is 17.4 Å². The fourth-order valence-corrected chi connectivity index (χ4v) is 2.14. The average Bonchev–Trinajstić information content (AvgIpc) is 2.30. The van der Waals surface area contributed by atoms with E-state index < -0.39 is 0 Å². The van der Waals surface area contributed by atoms with Gasteiger partial charge in [-0.3, -0.25) is 0 Å². The second-order valence-corrected chi connectivity index (χ2v) is 4.59. The van der Waals surface area contributed by atoms with Crippen LogP contribution >= 0.6 is 11.6 Å². The summed E-state index contributed by atoms with van der Waals surface area (Å²) >= 11 is 5.81. The molecule has 0 N–H and O–H groups in total. The van der Waals surface area contributed by atoms with Gasteiger partial charge in [-0.15, -0.1) is 5.10 Å². The highest BCUT2D eigenvalue weighted by atomic mass is 35.5. The standard InChI is InChI=1S/C11H16ClN3O/c1-15(7-9-3-2-4-16-8-9)10-5-11(12)14-13-6-10/h5-6,9H,2-4,7-8H2,1H3. The summed E-state index contributed by atoms with van der Waals surface area (Å²) < 4.78 is 5.46. The summed E-state index contributed by atoms with van der Waals surface area (Å²) in [6.45, 7) is 2.74. The van der Waals surface area contributed by atoms with E-state index in [-0.39, 0.29) is 0 Å². The summed E-state index contributed by atoms with van der Waals surface area (Å²) in [5, 5.41) is 8.01. The molecule has 16 heavy (non-hydrogen) atoms. The van der Waals surface area contributed by atoms with Crippen LogP contribution in [0.1, 0.15) is 12.8 Å². The smallest absolute Gasteiger partial charge is 0.153 e. The van der Waals surface area contributed by atoms with E-state index in [9.17, 15) is 0 Å². The van der Waals surface area contributed by atoms with Crippen LogP contribution in [0.4, 0.5) is 5.69 Å². The highest BCUT2D eigenvalue weighted by Gasteiger charge is 2.16.